The highest BCUT2D eigenvalue weighted by Gasteiger charge is 2.28. The van der Waals surface area contributed by atoms with Crippen LogP contribution < -0.4 is 5.32 Å². The van der Waals surface area contributed by atoms with Crippen molar-refractivity contribution in [2.24, 2.45) is 7.05 Å². The first kappa shape index (κ1) is 15.9. The number of alkyl halides is 2. The molecule has 1 unspecified atom stereocenters. The molecule has 0 bridgehead atoms. The number of hydrogen-bond donors (Lipinski definition) is 1. The molecule has 0 saturated carbocycles. The number of rotatable bonds is 4. The van der Waals surface area contributed by atoms with E-state index in [0.717, 1.165) is 4.68 Å². The Morgan fingerprint density at radius 2 is 2.05 bits per heavy atom. The molecule has 0 saturated heterocycles. The maximum atomic E-state index is 12.9. The fourth-order valence-corrected chi connectivity index (χ4v) is 2.15. The molecule has 0 aliphatic rings. The summed E-state index contributed by atoms with van der Waals surface area (Å²) in [6, 6.07) is 9.38. The lowest BCUT2D eigenvalue weighted by atomic mass is 10.1. The summed E-state index contributed by atoms with van der Waals surface area (Å²) in [5.74, 6) is -0.871. The standard InChI is InChI=1S/C14H11ClF2N4O/c1-21-12(15)10(11(20-21)13(16)17)14(22)19-9(7-18)8-5-3-2-4-6-8/h2-6,9,13H,1H3,(H,19,22). The van der Waals surface area contributed by atoms with Crippen molar-refractivity contribution in [2.45, 2.75) is 12.5 Å². The Morgan fingerprint density at radius 3 is 2.59 bits per heavy atom. The van der Waals surface area contributed by atoms with E-state index in [1.165, 1.54) is 7.05 Å². The van der Waals surface area contributed by atoms with Crippen LogP contribution in [0.2, 0.25) is 5.15 Å². The third kappa shape index (κ3) is 3.07. The Balaban J connectivity index is 2.31. The van der Waals surface area contributed by atoms with Crippen LogP contribution in [0.4, 0.5) is 8.78 Å². The SMILES string of the molecule is Cn1nc(C(F)F)c(C(=O)NC(C#N)c2ccccc2)c1Cl. The molecule has 0 spiro atoms. The second-order valence-corrected chi connectivity index (χ2v) is 4.78. The number of nitrogens with zero attached hydrogens (tertiary/aromatic N) is 3. The molecule has 2 rings (SSSR count). The first-order valence-electron chi connectivity index (χ1n) is 6.21. The van der Waals surface area contributed by atoms with E-state index in [0.29, 0.717) is 5.56 Å². The van der Waals surface area contributed by atoms with E-state index in [-0.39, 0.29) is 5.15 Å². The van der Waals surface area contributed by atoms with Gasteiger partial charge in [0, 0.05) is 7.05 Å². The predicted octanol–water partition coefficient (Wildman–Crippen LogP) is 3.01. The van der Waals surface area contributed by atoms with Crippen molar-refractivity contribution in [3.63, 3.8) is 0 Å². The molecule has 0 aliphatic carbocycles. The lowest BCUT2D eigenvalue weighted by molar-refractivity contribution is 0.0930. The van der Waals surface area contributed by atoms with E-state index >= 15 is 0 Å². The van der Waals surface area contributed by atoms with Crippen LogP contribution in [0.3, 0.4) is 0 Å². The Kier molecular flexibility index (Phi) is 4.73. The highest BCUT2D eigenvalue weighted by Crippen LogP contribution is 2.28. The third-order valence-corrected chi connectivity index (χ3v) is 3.41. The number of benzene rings is 1. The van der Waals surface area contributed by atoms with Gasteiger partial charge < -0.3 is 5.32 Å². The first-order valence-corrected chi connectivity index (χ1v) is 6.59. The van der Waals surface area contributed by atoms with Gasteiger partial charge in [0.25, 0.3) is 12.3 Å². The molecule has 114 valence electrons. The Labute approximate surface area is 130 Å². The zero-order valence-electron chi connectivity index (χ0n) is 11.4. The molecule has 5 nitrogen and oxygen atoms in total. The van der Waals surface area contributed by atoms with E-state index in [9.17, 15) is 13.6 Å². The summed E-state index contributed by atoms with van der Waals surface area (Å²) in [4.78, 5) is 12.2. The highest BCUT2D eigenvalue weighted by atomic mass is 35.5. The maximum absolute atomic E-state index is 12.9. The zero-order valence-corrected chi connectivity index (χ0v) is 12.2. The molecule has 0 radical (unpaired) electrons. The average molecular weight is 325 g/mol. The van der Waals surface area contributed by atoms with E-state index in [1.54, 1.807) is 30.3 Å². The van der Waals surface area contributed by atoms with Gasteiger partial charge in [0.15, 0.2) is 0 Å². The van der Waals surface area contributed by atoms with Crippen molar-refractivity contribution in [1.29, 1.82) is 5.26 Å². The number of halogens is 3. The number of amides is 1. The van der Waals surface area contributed by atoms with Crippen molar-refractivity contribution in [3.8, 4) is 6.07 Å². The number of hydrogen-bond acceptors (Lipinski definition) is 3. The molecule has 1 heterocycles. The molecule has 2 aromatic rings. The molecule has 8 heteroatoms. The maximum Gasteiger partial charge on any atom is 0.283 e. The lowest BCUT2D eigenvalue weighted by Gasteiger charge is -2.12. The minimum Gasteiger partial charge on any atom is -0.332 e. The number of aryl methyl sites for hydroxylation is 1. The number of carbonyl (C=O) groups excluding carboxylic acids is 1. The Bertz CT molecular complexity index is 724. The van der Waals surface area contributed by atoms with Crippen LogP contribution in [0.1, 0.15) is 34.1 Å². The molecule has 1 aromatic carbocycles. The van der Waals surface area contributed by atoms with E-state index in [2.05, 4.69) is 10.4 Å². The molecule has 0 fully saturated rings. The molecular weight excluding hydrogens is 314 g/mol. The van der Waals surface area contributed by atoms with Crippen LogP contribution in [0.5, 0.6) is 0 Å². The van der Waals surface area contributed by atoms with Crippen molar-refractivity contribution >= 4 is 17.5 Å². The molecule has 0 aliphatic heterocycles. The quantitative estimate of drug-likeness (QED) is 0.939. The fraction of sp³-hybridized carbons (Fsp3) is 0.214. The highest BCUT2D eigenvalue weighted by molar-refractivity contribution is 6.33. The van der Waals surface area contributed by atoms with Crippen LogP contribution in [0, 0.1) is 11.3 Å². The summed E-state index contributed by atoms with van der Waals surface area (Å²) in [6.07, 6.45) is -2.95. The molecule has 1 aromatic heterocycles. The van der Waals surface area contributed by atoms with E-state index in [1.807, 2.05) is 6.07 Å². The third-order valence-electron chi connectivity index (χ3n) is 2.98. The molecule has 1 atom stereocenters. The molecule has 1 N–H and O–H groups in total. The first-order chi connectivity index (χ1) is 10.5. The van der Waals surface area contributed by atoms with E-state index < -0.39 is 29.6 Å². The van der Waals surface area contributed by atoms with Gasteiger partial charge in [0.05, 0.1) is 6.07 Å². The number of nitrogens with one attached hydrogen (secondary N) is 1. The zero-order chi connectivity index (χ0) is 16.3. The normalized spacial score (nSPS) is 12.0. The van der Waals surface area contributed by atoms with Crippen LogP contribution in [0.25, 0.3) is 0 Å². The Morgan fingerprint density at radius 1 is 1.41 bits per heavy atom. The molecular formula is C14H11ClF2N4O. The van der Waals surface area contributed by atoms with Crippen molar-refractivity contribution in [2.75, 3.05) is 0 Å². The minimum atomic E-state index is -2.95. The van der Waals surface area contributed by atoms with Crippen LogP contribution in [-0.4, -0.2) is 15.7 Å². The predicted molar refractivity (Wildman–Crippen MR) is 75.4 cm³/mol. The van der Waals surface area contributed by atoms with Crippen molar-refractivity contribution < 1.29 is 13.6 Å². The second-order valence-electron chi connectivity index (χ2n) is 4.42. The smallest absolute Gasteiger partial charge is 0.283 e. The Hall–Kier alpha value is -2.46. The van der Waals surface area contributed by atoms with Gasteiger partial charge in [0.1, 0.15) is 22.5 Å². The molecule has 22 heavy (non-hydrogen) atoms. The van der Waals surface area contributed by atoms with Gasteiger partial charge in [0.2, 0.25) is 0 Å². The number of carbonyl (C=O) groups is 1. The summed E-state index contributed by atoms with van der Waals surface area (Å²) < 4.78 is 26.9. The van der Waals surface area contributed by atoms with Crippen LogP contribution in [0.15, 0.2) is 30.3 Å². The summed E-state index contributed by atoms with van der Waals surface area (Å²) in [5, 5.41) is 14.9. The molecule has 1 amide bonds. The summed E-state index contributed by atoms with van der Waals surface area (Å²) in [7, 11) is 1.35. The fourth-order valence-electron chi connectivity index (χ4n) is 1.92. The summed E-state index contributed by atoms with van der Waals surface area (Å²) >= 11 is 5.85. The van der Waals surface area contributed by atoms with Crippen molar-refractivity contribution in [3.05, 3.63) is 52.3 Å². The van der Waals surface area contributed by atoms with Gasteiger partial charge in [-0.3, -0.25) is 9.48 Å². The average Bonchev–Trinajstić information content (AvgIpc) is 2.81. The van der Waals surface area contributed by atoms with Gasteiger partial charge in [-0.15, -0.1) is 0 Å². The van der Waals surface area contributed by atoms with Gasteiger partial charge in [-0.05, 0) is 5.56 Å². The van der Waals surface area contributed by atoms with Crippen molar-refractivity contribution in [1.82, 2.24) is 15.1 Å². The largest absolute Gasteiger partial charge is 0.332 e. The second kappa shape index (κ2) is 6.54. The van der Waals surface area contributed by atoms with Gasteiger partial charge in [-0.2, -0.15) is 10.4 Å². The van der Waals surface area contributed by atoms with E-state index in [4.69, 9.17) is 16.9 Å². The van der Waals surface area contributed by atoms with Gasteiger partial charge in [-0.25, -0.2) is 8.78 Å². The minimum absolute atomic E-state index is 0.211. The number of nitriles is 1. The summed E-state index contributed by atoms with van der Waals surface area (Å²) in [6.45, 7) is 0. The lowest BCUT2D eigenvalue weighted by Crippen LogP contribution is -2.28. The van der Waals surface area contributed by atoms with Gasteiger partial charge >= 0.3 is 0 Å². The van der Waals surface area contributed by atoms with Crippen LogP contribution in [-0.2, 0) is 7.05 Å². The number of aromatic nitrogens is 2. The summed E-state index contributed by atoms with van der Waals surface area (Å²) in [5.41, 5.74) is -0.595. The van der Waals surface area contributed by atoms with Gasteiger partial charge in [-0.1, -0.05) is 41.9 Å². The topological polar surface area (TPSA) is 70.7 Å². The monoisotopic (exact) mass is 324 g/mol. The van der Waals surface area contributed by atoms with Crippen LogP contribution >= 0.6 is 11.6 Å².